The average molecular weight is 393 g/mol. The van der Waals surface area contributed by atoms with Crippen LogP contribution in [0.2, 0.25) is 10.0 Å². The van der Waals surface area contributed by atoms with E-state index in [2.05, 4.69) is 5.10 Å². The van der Waals surface area contributed by atoms with Crippen LogP contribution >= 0.6 is 23.2 Å². The number of carbonyl (C=O) groups excluding carboxylic acids is 1. The van der Waals surface area contributed by atoms with Gasteiger partial charge in [-0.15, -0.1) is 0 Å². The summed E-state index contributed by atoms with van der Waals surface area (Å²) in [4.78, 5) is 25.0. The molecule has 0 unspecified atom stereocenters. The second-order valence-corrected chi connectivity index (χ2v) is 6.28. The summed E-state index contributed by atoms with van der Waals surface area (Å²) in [5.41, 5.74) is 0.398. The summed E-state index contributed by atoms with van der Waals surface area (Å²) in [5, 5.41) is 5.67. The molecule has 0 atom stereocenters. The van der Waals surface area contributed by atoms with Crippen molar-refractivity contribution in [3.63, 3.8) is 0 Å². The molecule has 6 nitrogen and oxygen atoms in total. The second-order valence-electron chi connectivity index (χ2n) is 5.46. The maximum absolute atomic E-state index is 12.8. The summed E-state index contributed by atoms with van der Waals surface area (Å²) < 4.78 is 11.2. The summed E-state index contributed by atoms with van der Waals surface area (Å²) in [6.45, 7) is 0.118. The van der Waals surface area contributed by atoms with E-state index in [9.17, 15) is 9.59 Å². The van der Waals surface area contributed by atoms with Crippen LogP contribution in [0.3, 0.4) is 0 Å². The van der Waals surface area contributed by atoms with Crippen molar-refractivity contribution in [2.24, 2.45) is 0 Å². The molecule has 1 aromatic heterocycles. The van der Waals surface area contributed by atoms with Crippen molar-refractivity contribution < 1.29 is 14.3 Å². The molecule has 2 aromatic carbocycles. The van der Waals surface area contributed by atoms with Gasteiger partial charge in [-0.3, -0.25) is 4.79 Å². The van der Waals surface area contributed by atoms with Crippen molar-refractivity contribution >= 4 is 39.9 Å². The van der Waals surface area contributed by atoms with E-state index >= 15 is 0 Å². The lowest BCUT2D eigenvalue weighted by atomic mass is 10.1. The van der Waals surface area contributed by atoms with E-state index in [0.717, 1.165) is 0 Å². The third-order valence-electron chi connectivity index (χ3n) is 3.86. The molecule has 0 saturated carbocycles. The van der Waals surface area contributed by atoms with Crippen LogP contribution in [0.15, 0.2) is 41.2 Å². The van der Waals surface area contributed by atoms with Crippen LogP contribution in [0.4, 0.5) is 0 Å². The standard InChI is InChI=1S/C18H14Cl2N2O4/c1-25-11-4-5-12-13(8-11)17(23)22(21-16(12)18(24)26-2)9-10-3-6-14(19)15(20)7-10/h3-8H,9H2,1-2H3. The third-order valence-corrected chi connectivity index (χ3v) is 4.60. The molecule has 0 spiro atoms. The summed E-state index contributed by atoms with van der Waals surface area (Å²) >= 11 is 11.9. The maximum Gasteiger partial charge on any atom is 0.359 e. The molecule has 3 rings (SSSR count). The highest BCUT2D eigenvalue weighted by atomic mass is 35.5. The Morgan fingerprint density at radius 1 is 1.08 bits per heavy atom. The Hall–Kier alpha value is -2.57. The van der Waals surface area contributed by atoms with Crippen LogP contribution in [0.25, 0.3) is 10.8 Å². The smallest absolute Gasteiger partial charge is 0.359 e. The molecule has 0 saturated heterocycles. The number of fused-ring (bicyclic) bond motifs is 1. The lowest BCUT2D eigenvalue weighted by Crippen LogP contribution is -2.27. The van der Waals surface area contributed by atoms with Gasteiger partial charge in [0.05, 0.1) is 36.2 Å². The Bertz CT molecular complexity index is 1060. The average Bonchev–Trinajstić information content (AvgIpc) is 2.66. The van der Waals surface area contributed by atoms with Gasteiger partial charge in [-0.25, -0.2) is 9.48 Å². The minimum atomic E-state index is -0.636. The fourth-order valence-electron chi connectivity index (χ4n) is 2.56. The number of aromatic nitrogens is 2. The zero-order chi connectivity index (χ0) is 18.8. The monoisotopic (exact) mass is 392 g/mol. The molecule has 134 valence electrons. The molecule has 1 heterocycles. The van der Waals surface area contributed by atoms with E-state index < -0.39 is 5.97 Å². The van der Waals surface area contributed by atoms with Gasteiger partial charge < -0.3 is 9.47 Å². The number of benzene rings is 2. The molecule has 3 aromatic rings. The first-order valence-electron chi connectivity index (χ1n) is 7.55. The van der Waals surface area contributed by atoms with Gasteiger partial charge in [-0.2, -0.15) is 5.10 Å². The molecule has 0 aliphatic heterocycles. The molecular formula is C18H14Cl2N2O4. The van der Waals surface area contributed by atoms with Gasteiger partial charge in [0.15, 0.2) is 5.69 Å². The van der Waals surface area contributed by atoms with Crippen molar-refractivity contribution in [1.82, 2.24) is 9.78 Å². The van der Waals surface area contributed by atoms with Gasteiger partial charge in [0.25, 0.3) is 5.56 Å². The number of nitrogens with zero attached hydrogens (tertiary/aromatic N) is 2. The zero-order valence-corrected chi connectivity index (χ0v) is 15.5. The number of esters is 1. The highest BCUT2D eigenvalue weighted by Gasteiger charge is 2.18. The SMILES string of the molecule is COC(=O)c1nn(Cc2ccc(Cl)c(Cl)c2)c(=O)c2cc(OC)ccc12. The molecule has 0 aliphatic rings. The number of rotatable bonds is 4. The number of halogens is 2. The van der Waals surface area contributed by atoms with E-state index in [0.29, 0.717) is 32.1 Å². The number of methoxy groups -OCH3 is 2. The molecule has 0 amide bonds. The summed E-state index contributed by atoms with van der Waals surface area (Å²) in [6.07, 6.45) is 0. The van der Waals surface area contributed by atoms with E-state index in [-0.39, 0.29) is 17.8 Å². The zero-order valence-electron chi connectivity index (χ0n) is 14.0. The predicted molar refractivity (Wildman–Crippen MR) is 99.5 cm³/mol. The quantitative estimate of drug-likeness (QED) is 0.634. The first-order chi connectivity index (χ1) is 12.4. The van der Waals surface area contributed by atoms with E-state index in [1.54, 1.807) is 36.4 Å². The Balaban J connectivity index is 2.20. The predicted octanol–water partition coefficient (Wildman–Crippen LogP) is 3.55. The number of hydrogen-bond donors (Lipinski definition) is 0. The number of hydrogen-bond acceptors (Lipinski definition) is 5. The molecule has 0 fully saturated rings. The Morgan fingerprint density at radius 3 is 2.50 bits per heavy atom. The van der Waals surface area contributed by atoms with Gasteiger partial charge >= 0.3 is 5.97 Å². The second kappa shape index (κ2) is 7.35. The van der Waals surface area contributed by atoms with Gasteiger partial charge in [0, 0.05) is 5.39 Å². The first kappa shape index (κ1) is 18.2. The number of carbonyl (C=O) groups is 1. The minimum absolute atomic E-state index is 0.0461. The summed E-state index contributed by atoms with van der Waals surface area (Å²) in [6, 6.07) is 9.84. The Labute approximate surface area is 158 Å². The topological polar surface area (TPSA) is 70.4 Å². The van der Waals surface area contributed by atoms with Crippen molar-refractivity contribution in [3.8, 4) is 5.75 Å². The normalized spacial score (nSPS) is 10.8. The van der Waals surface area contributed by atoms with Crippen LogP contribution in [0.5, 0.6) is 5.75 Å². The third kappa shape index (κ3) is 3.38. The number of ether oxygens (including phenoxy) is 2. The summed E-state index contributed by atoms with van der Waals surface area (Å²) in [5.74, 6) is -0.138. The van der Waals surface area contributed by atoms with Gasteiger partial charge in [0.1, 0.15) is 5.75 Å². The van der Waals surface area contributed by atoms with Crippen LogP contribution in [-0.2, 0) is 11.3 Å². The van der Waals surface area contributed by atoms with Crippen molar-refractivity contribution in [3.05, 3.63) is 68.1 Å². The van der Waals surface area contributed by atoms with Crippen molar-refractivity contribution in [1.29, 1.82) is 0 Å². The minimum Gasteiger partial charge on any atom is -0.497 e. The van der Waals surface area contributed by atoms with Crippen molar-refractivity contribution in [2.75, 3.05) is 14.2 Å². The lowest BCUT2D eigenvalue weighted by Gasteiger charge is -2.11. The van der Waals surface area contributed by atoms with Crippen LogP contribution in [0, 0.1) is 0 Å². The molecule has 0 radical (unpaired) electrons. The van der Waals surface area contributed by atoms with Crippen LogP contribution in [0.1, 0.15) is 16.1 Å². The van der Waals surface area contributed by atoms with Gasteiger partial charge in [-0.05, 0) is 35.9 Å². The van der Waals surface area contributed by atoms with E-state index in [1.807, 2.05) is 0 Å². The van der Waals surface area contributed by atoms with Crippen molar-refractivity contribution in [2.45, 2.75) is 6.54 Å². The molecule has 26 heavy (non-hydrogen) atoms. The fraction of sp³-hybridized carbons (Fsp3) is 0.167. The largest absolute Gasteiger partial charge is 0.497 e. The molecular weight excluding hydrogens is 379 g/mol. The molecule has 8 heteroatoms. The Kier molecular flexibility index (Phi) is 5.15. The fourth-order valence-corrected chi connectivity index (χ4v) is 2.88. The van der Waals surface area contributed by atoms with Crippen LogP contribution < -0.4 is 10.3 Å². The van der Waals surface area contributed by atoms with Crippen LogP contribution in [-0.4, -0.2) is 30.0 Å². The highest BCUT2D eigenvalue weighted by Crippen LogP contribution is 2.24. The van der Waals surface area contributed by atoms with E-state index in [1.165, 1.54) is 18.9 Å². The molecule has 0 N–H and O–H groups in total. The van der Waals surface area contributed by atoms with E-state index in [4.69, 9.17) is 32.7 Å². The maximum atomic E-state index is 12.8. The molecule has 0 bridgehead atoms. The lowest BCUT2D eigenvalue weighted by molar-refractivity contribution is 0.0593. The van der Waals surface area contributed by atoms with Gasteiger partial charge in [-0.1, -0.05) is 29.3 Å². The highest BCUT2D eigenvalue weighted by molar-refractivity contribution is 6.42. The molecule has 0 aliphatic carbocycles. The Morgan fingerprint density at radius 2 is 1.85 bits per heavy atom. The first-order valence-corrected chi connectivity index (χ1v) is 8.31. The van der Waals surface area contributed by atoms with Gasteiger partial charge in [0.2, 0.25) is 0 Å². The summed E-state index contributed by atoms with van der Waals surface area (Å²) in [7, 11) is 2.76.